The van der Waals surface area contributed by atoms with Crippen molar-refractivity contribution < 1.29 is 14.2 Å². The normalized spacial score (nSPS) is 13.2. The topological polar surface area (TPSA) is 55.3 Å². The van der Waals surface area contributed by atoms with E-state index in [2.05, 4.69) is 46.4 Å². The van der Waals surface area contributed by atoms with Crippen LogP contribution in [-0.2, 0) is 13.0 Å². The molecule has 0 amide bonds. The van der Waals surface area contributed by atoms with Gasteiger partial charge in [-0.15, -0.1) is 0 Å². The molecule has 0 atom stereocenters. The Morgan fingerprint density at radius 3 is 2.61 bits per heavy atom. The molecule has 1 aliphatic rings. The van der Waals surface area contributed by atoms with Crippen LogP contribution in [-0.4, -0.2) is 51.8 Å². The van der Waals surface area contributed by atoms with Crippen molar-refractivity contribution in [1.82, 2.24) is 10.2 Å². The lowest BCUT2D eigenvalue weighted by atomic mass is 10.1. The van der Waals surface area contributed by atoms with E-state index in [-0.39, 0.29) is 0 Å². The Balaban J connectivity index is 1.54. The fourth-order valence-corrected chi connectivity index (χ4v) is 3.26. The molecule has 0 fully saturated rings. The van der Waals surface area contributed by atoms with E-state index >= 15 is 0 Å². The number of rotatable bonds is 6. The van der Waals surface area contributed by atoms with Gasteiger partial charge in [-0.3, -0.25) is 4.99 Å². The number of aliphatic imine (C=N–C) groups is 1. The molecule has 0 aliphatic carbocycles. The largest absolute Gasteiger partial charge is 0.496 e. The maximum absolute atomic E-state index is 5.67. The van der Waals surface area contributed by atoms with Crippen LogP contribution in [0.15, 0.2) is 41.4 Å². The zero-order valence-corrected chi connectivity index (χ0v) is 17.1. The zero-order valence-electron chi connectivity index (χ0n) is 17.1. The summed E-state index contributed by atoms with van der Waals surface area (Å²) in [6.07, 6.45) is 0.896. The van der Waals surface area contributed by atoms with Crippen LogP contribution in [0.2, 0.25) is 0 Å². The van der Waals surface area contributed by atoms with Crippen molar-refractivity contribution in [1.29, 1.82) is 0 Å². The molecule has 2 aromatic rings. The van der Waals surface area contributed by atoms with Crippen LogP contribution in [0.5, 0.6) is 17.2 Å². The molecule has 2 aromatic carbocycles. The molecule has 0 saturated carbocycles. The summed E-state index contributed by atoms with van der Waals surface area (Å²) in [7, 11) is 5.54. The van der Waals surface area contributed by atoms with Gasteiger partial charge in [0.2, 0.25) is 0 Å². The number of aryl methyl sites for hydroxylation is 1. The molecule has 0 spiro atoms. The Bertz CT molecular complexity index is 836. The molecule has 150 valence electrons. The molecule has 3 rings (SSSR count). The third-order valence-corrected chi connectivity index (χ3v) is 4.77. The first-order chi connectivity index (χ1) is 13.6. The second-order valence-electron chi connectivity index (χ2n) is 6.86. The third kappa shape index (κ3) is 4.88. The van der Waals surface area contributed by atoms with Gasteiger partial charge in [-0.2, -0.15) is 0 Å². The van der Waals surface area contributed by atoms with Gasteiger partial charge in [0.25, 0.3) is 0 Å². The van der Waals surface area contributed by atoms with E-state index < -0.39 is 0 Å². The number of hydrogen-bond donors (Lipinski definition) is 1. The smallest absolute Gasteiger partial charge is 0.193 e. The van der Waals surface area contributed by atoms with Crippen LogP contribution in [0.3, 0.4) is 0 Å². The lowest BCUT2D eigenvalue weighted by molar-refractivity contribution is 0.171. The lowest BCUT2D eigenvalue weighted by Gasteiger charge is -2.24. The van der Waals surface area contributed by atoms with Crippen molar-refractivity contribution in [2.75, 3.05) is 41.0 Å². The Morgan fingerprint density at radius 1 is 1.11 bits per heavy atom. The highest BCUT2D eigenvalue weighted by Gasteiger charge is 2.13. The zero-order chi connectivity index (χ0) is 19.9. The first-order valence-electron chi connectivity index (χ1n) is 9.54. The SMILES string of the molecule is CN=C(NCCc1ccc(C)c(OC)c1)N(C)Cc1ccc2c(c1)OCCO2. The van der Waals surface area contributed by atoms with E-state index in [1.54, 1.807) is 14.2 Å². The summed E-state index contributed by atoms with van der Waals surface area (Å²) in [5.74, 6) is 3.41. The summed E-state index contributed by atoms with van der Waals surface area (Å²) >= 11 is 0. The molecule has 0 saturated heterocycles. The van der Waals surface area contributed by atoms with Gasteiger partial charge in [0.05, 0.1) is 7.11 Å². The van der Waals surface area contributed by atoms with Crippen LogP contribution < -0.4 is 19.5 Å². The minimum absolute atomic E-state index is 0.597. The van der Waals surface area contributed by atoms with E-state index in [9.17, 15) is 0 Å². The molecule has 6 nitrogen and oxygen atoms in total. The predicted molar refractivity (Wildman–Crippen MR) is 112 cm³/mol. The Morgan fingerprint density at radius 2 is 1.86 bits per heavy atom. The fourth-order valence-electron chi connectivity index (χ4n) is 3.26. The number of ether oxygens (including phenoxy) is 3. The molecule has 1 N–H and O–H groups in total. The molecule has 1 aliphatic heterocycles. The second-order valence-corrected chi connectivity index (χ2v) is 6.86. The predicted octanol–water partition coefficient (Wildman–Crippen LogP) is 3.02. The molecule has 1 heterocycles. The van der Waals surface area contributed by atoms with E-state index in [1.807, 2.05) is 19.2 Å². The van der Waals surface area contributed by atoms with Gasteiger partial charge >= 0.3 is 0 Å². The summed E-state index contributed by atoms with van der Waals surface area (Å²) in [5, 5.41) is 3.43. The second kappa shape index (κ2) is 9.35. The molecule has 0 aromatic heterocycles. The highest BCUT2D eigenvalue weighted by molar-refractivity contribution is 5.79. The van der Waals surface area contributed by atoms with Gasteiger partial charge < -0.3 is 24.4 Å². The Labute approximate surface area is 167 Å². The number of nitrogens with one attached hydrogen (secondary N) is 1. The minimum atomic E-state index is 0.597. The van der Waals surface area contributed by atoms with Crippen molar-refractivity contribution in [2.45, 2.75) is 19.9 Å². The third-order valence-electron chi connectivity index (χ3n) is 4.77. The van der Waals surface area contributed by atoms with Gasteiger partial charge in [-0.25, -0.2) is 0 Å². The first kappa shape index (κ1) is 19.9. The van der Waals surface area contributed by atoms with E-state index in [1.165, 1.54) is 5.56 Å². The molecule has 0 unspecified atom stereocenters. The van der Waals surface area contributed by atoms with Crippen LogP contribution >= 0.6 is 0 Å². The maximum atomic E-state index is 5.67. The number of benzene rings is 2. The Kier molecular flexibility index (Phi) is 6.63. The molecular weight excluding hydrogens is 354 g/mol. The Hall–Kier alpha value is -2.89. The lowest BCUT2D eigenvalue weighted by Crippen LogP contribution is -2.39. The van der Waals surface area contributed by atoms with Crippen molar-refractivity contribution >= 4 is 5.96 Å². The summed E-state index contributed by atoms with van der Waals surface area (Å²) in [6.45, 7) is 4.78. The van der Waals surface area contributed by atoms with Crippen LogP contribution in [0, 0.1) is 6.92 Å². The summed E-state index contributed by atoms with van der Waals surface area (Å²) in [4.78, 5) is 6.50. The van der Waals surface area contributed by atoms with Gasteiger partial charge in [-0.1, -0.05) is 18.2 Å². The fraction of sp³-hybridized carbons (Fsp3) is 0.409. The quantitative estimate of drug-likeness (QED) is 0.614. The van der Waals surface area contributed by atoms with Gasteiger partial charge in [0.1, 0.15) is 19.0 Å². The maximum Gasteiger partial charge on any atom is 0.193 e. The van der Waals surface area contributed by atoms with Gasteiger partial charge in [-0.05, 0) is 48.2 Å². The van der Waals surface area contributed by atoms with Crippen molar-refractivity contribution in [3.8, 4) is 17.2 Å². The molecule has 0 bridgehead atoms. The van der Waals surface area contributed by atoms with Crippen molar-refractivity contribution in [3.63, 3.8) is 0 Å². The van der Waals surface area contributed by atoms with Gasteiger partial charge in [0, 0.05) is 27.2 Å². The molecule has 28 heavy (non-hydrogen) atoms. The first-order valence-corrected chi connectivity index (χ1v) is 9.54. The van der Waals surface area contributed by atoms with Crippen molar-refractivity contribution in [3.05, 3.63) is 53.1 Å². The standard InChI is InChI=1S/C22H29N3O3/c1-16-5-6-17(13-20(16)26-4)9-10-24-22(23-2)25(3)15-18-7-8-19-21(14-18)28-12-11-27-19/h5-8,13-14H,9-12,15H2,1-4H3,(H,23,24). The molecule has 0 radical (unpaired) electrons. The number of hydrogen-bond acceptors (Lipinski definition) is 4. The van der Waals surface area contributed by atoms with Gasteiger partial charge in [0.15, 0.2) is 17.5 Å². The monoisotopic (exact) mass is 383 g/mol. The van der Waals surface area contributed by atoms with Crippen LogP contribution in [0.4, 0.5) is 0 Å². The van der Waals surface area contributed by atoms with Crippen LogP contribution in [0.25, 0.3) is 0 Å². The van der Waals surface area contributed by atoms with E-state index in [0.29, 0.717) is 13.2 Å². The highest BCUT2D eigenvalue weighted by Crippen LogP contribution is 2.31. The van der Waals surface area contributed by atoms with E-state index in [4.69, 9.17) is 14.2 Å². The van der Waals surface area contributed by atoms with Crippen molar-refractivity contribution in [2.24, 2.45) is 4.99 Å². The number of methoxy groups -OCH3 is 1. The number of guanidine groups is 1. The van der Waals surface area contributed by atoms with E-state index in [0.717, 1.165) is 53.8 Å². The average molecular weight is 383 g/mol. The number of fused-ring (bicyclic) bond motifs is 1. The highest BCUT2D eigenvalue weighted by atomic mass is 16.6. The van der Waals surface area contributed by atoms with Crippen LogP contribution in [0.1, 0.15) is 16.7 Å². The number of nitrogens with zero attached hydrogens (tertiary/aromatic N) is 2. The average Bonchev–Trinajstić information content (AvgIpc) is 2.72. The molecular formula is C22H29N3O3. The summed E-state index contributed by atoms with van der Waals surface area (Å²) in [5.41, 5.74) is 3.53. The minimum Gasteiger partial charge on any atom is -0.496 e. The molecule has 6 heteroatoms. The summed E-state index contributed by atoms with van der Waals surface area (Å²) in [6, 6.07) is 12.4. The summed E-state index contributed by atoms with van der Waals surface area (Å²) < 4.78 is 16.7.